The van der Waals surface area contributed by atoms with Crippen LogP contribution in [-0.2, 0) is 0 Å². The first-order valence-electron chi connectivity index (χ1n) is 6.17. The van der Waals surface area contributed by atoms with Crippen molar-refractivity contribution >= 4 is 17.3 Å². The number of nitrogens with zero attached hydrogens (tertiary/aromatic N) is 2. The molecule has 2 aromatic heterocycles. The summed E-state index contributed by atoms with van der Waals surface area (Å²) in [5, 5.41) is 9.27. The van der Waals surface area contributed by atoms with E-state index in [0.29, 0.717) is 5.56 Å². The monoisotopic (exact) mass is 318 g/mol. The molecule has 0 atom stereocenters. The standard InChI is InChI=1S/C15H8F2N2O2S/c16-9-4-1-5-10(17)11(9)14-19-12(13(22-14)15(20)21)8-3-2-6-18-7-8/h1-7H,(H,20,21). The van der Waals surface area contributed by atoms with Crippen LogP contribution in [0.3, 0.4) is 0 Å². The van der Waals surface area contributed by atoms with Gasteiger partial charge in [-0.2, -0.15) is 0 Å². The molecule has 0 spiro atoms. The molecule has 0 saturated heterocycles. The van der Waals surface area contributed by atoms with Crippen molar-refractivity contribution < 1.29 is 18.7 Å². The van der Waals surface area contributed by atoms with Crippen molar-refractivity contribution in [2.75, 3.05) is 0 Å². The topological polar surface area (TPSA) is 63.1 Å². The molecule has 0 fully saturated rings. The predicted octanol–water partition coefficient (Wildman–Crippen LogP) is 3.85. The molecule has 1 N–H and O–H groups in total. The highest BCUT2D eigenvalue weighted by molar-refractivity contribution is 7.17. The number of carboxylic acid groups (broad SMARTS) is 1. The second-order valence-electron chi connectivity index (χ2n) is 4.34. The molecule has 7 heteroatoms. The Kier molecular flexibility index (Phi) is 3.64. The highest BCUT2D eigenvalue weighted by Gasteiger charge is 2.23. The normalized spacial score (nSPS) is 10.6. The highest BCUT2D eigenvalue weighted by atomic mass is 32.1. The van der Waals surface area contributed by atoms with Crippen molar-refractivity contribution in [1.29, 1.82) is 0 Å². The maximum atomic E-state index is 13.8. The summed E-state index contributed by atoms with van der Waals surface area (Å²) in [4.78, 5) is 19.3. The van der Waals surface area contributed by atoms with Gasteiger partial charge in [0.25, 0.3) is 0 Å². The molecule has 22 heavy (non-hydrogen) atoms. The second kappa shape index (κ2) is 5.61. The minimum Gasteiger partial charge on any atom is -0.477 e. The summed E-state index contributed by atoms with van der Waals surface area (Å²) in [5.74, 6) is -2.79. The van der Waals surface area contributed by atoms with Gasteiger partial charge >= 0.3 is 5.97 Å². The molecular formula is C15H8F2N2O2S. The third-order valence-electron chi connectivity index (χ3n) is 2.93. The van der Waals surface area contributed by atoms with E-state index in [-0.39, 0.29) is 21.1 Å². The number of hydrogen-bond donors (Lipinski definition) is 1. The maximum Gasteiger partial charge on any atom is 0.348 e. The van der Waals surface area contributed by atoms with Crippen LogP contribution in [0.4, 0.5) is 8.78 Å². The zero-order valence-corrected chi connectivity index (χ0v) is 11.8. The van der Waals surface area contributed by atoms with Crippen LogP contribution in [0.25, 0.3) is 21.8 Å². The van der Waals surface area contributed by atoms with Crippen LogP contribution in [0.2, 0.25) is 0 Å². The van der Waals surface area contributed by atoms with Gasteiger partial charge in [-0.1, -0.05) is 6.07 Å². The third kappa shape index (κ3) is 2.46. The first kappa shape index (κ1) is 14.3. The number of carboxylic acids is 1. The summed E-state index contributed by atoms with van der Waals surface area (Å²) in [5.41, 5.74) is 0.285. The molecule has 110 valence electrons. The molecule has 0 saturated carbocycles. The molecule has 0 aliphatic heterocycles. The van der Waals surface area contributed by atoms with Gasteiger partial charge in [-0.15, -0.1) is 11.3 Å². The summed E-state index contributed by atoms with van der Waals surface area (Å²) in [6, 6.07) is 6.70. The average molecular weight is 318 g/mol. The summed E-state index contributed by atoms with van der Waals surface area (Å²) in [6.45, 7) is 0. The lowest BCUT2D eigenvalue weighted by molar-refractivity contribution is 0.0702. The lowest BCUT2D eigenvalue weighted by Crippen LogP contribution is -1.95. The van der Waals surface area contributed by atoms with Gasteiger partial charge in [0.05, 0.1) is 11.3 Å². The molecule has 0 unspecified atom stereocenters. The van der Waals surface area contributed by atoms with Crippen molar-refractivity contribution in [3.8, 4) is 21.8 Å². The van der Waals surface area contributed by atoms with Crippen molar-refractivity contribution in [2.45, 2.75) is 0 Å². The van der Waals surface area contributed by atoms with E-state index in [4.69, 9.17) is 0 Å². The fourth-order valence-electron chi connectivity index (χ4n) is 1.97. The lowest BCUT2D eigenvalue weighted by Gasteiger charge is -2.00. The Bertz CT molecular complexity index is 830. The van der Waals surface area contributed by atoms with E-state index in [1.54, 1.807) is 12.1 Å². The molecule has 1 aromatic carbocycles. The highest BCUT2D eigenvalue weighted by Crippen LogP contribution is 2.35. The van der Waals surface area contributed by atoms with E-state index < -0.39 is 17.6 Å². The van der Waals surface area contributed by atoms with Gasteiger partial charge in [-0.3, -0.25) is 4.98 Å². The van der Waals surface area contributed by atoms with E-state index in [0.717, 1.165) is 23.5 Å². The van der Waals surface area contributed by atoms with E-state index in [1.165, 1.54) is 18.5 Å². The largest absolute Gasteiger partial charge is 0.477 e. The SMILES string of the molecule is O=C(O)c1sc(-c2c(F)cccc2F)nc1-c1cccnc1. The summed E-state index contributed by atoms with van der Waals surface area (Å²) < 4.78 is 27.7. The first-order valence-corrected chi connectivity index (χ1v) is 6.98. The molecule has 3 aromatic rings. The van der Waals surface area contributed by atoms with Gasteiger partial charge in [-0.25, -0.2) is 18.6 Å². The Labute approximate surface area is 127 Å². The number of aromatic carboxylic acids is 1. The van der Waals surface area contributed by atoms with Crippen molar-refractivity contribution in [2.24, 2.45) is 0 Å². The Balaban J connectivity index is 2.22. The molecule has 0 amide bonds. The number of halogens is 2. The smallest absolute Gasteiger partial charge is 0.348 e. The number of rotatable bonds is 3. The molecule has 0 radical (unpaired) electrons. The molecule has 4 nitrogen and oxygen atoms in total. The van der Waals surface area contributed by atoms with Crippen LogP contribution in [0.5, 0.6) is 0 Å². The quantitative estimate of drug-likeness (QED) is 0.797. The Morgan fingerprint density at radius 1 is 1.14 bits per heavy atom. The first-order chi connectivity index (χ1) is 10.6. The molecule has 0 bridgehead atoms. The van der Waals surface area contributed by atoms with Gasteiger partial charge in [-0.05, 0) is 24.3 Å². The number of benzene rings is 1. The van der Waals surface area contributed by atoms with E-state index in [2.05, 4.69) is 9.97 Å². The van der Waals surface area contributed by atoms with Crippen molar-refractivity contribution in [3.05, 3.63) is 59.2 Å². The summed E-state index contributed by atoms with van der Waals surface area (Å²) >= 11 is 0.725. The van der Waals surface area contributed by atoms with Gasteiger partial charge < -0.3 is 5.11 Å². The zero-order chi connectivity index (χ0) is 15.7. The van der Waals surface area contributed by atoms with Gasteiger partial charge in [0.2, 0.25) is 0 Å². The fraction of sp³-hybridized carbons (Fsp3) is 0. The molecular weight excluding hydrogens is 310 g/mol. The Morgan fingerprint density at radius 2 is 1.86 bits per heavy atom. The Morgan fingerprint density at radius 3 is 2.45 bits per heavy atom. The zero-order valence-electron chi connectivity index (χ0n) is 11.0. The lowest BCUT2D eigenvalue weighted by atomic mass is 10.2. The van der Waals surface area contributed by atoms with Crippen molar-refractivity contribution in [1.82, 2.24) is 9.97 Å². The Hall–Kier alpha value is -2.67. The minimum atomic E-state index is -1.21. The van der Waals surface area contributed by atoms with E-state index >= 15 is 0 Å². The number of pyridine rings is 1. The number of aromatic nitrogens is 2. The second-order valence-corrected chi connectivity index (χ2v) is 5.34. The molecule has 0 aliphatic carbocycles. The van der Waals surface area contributed by atoms with Crippen molar-refractivity contribution in [3.63, 3.8) is 0 Å². The number of carbonyl (C=O) groups is 1. The van der Waals surface area contributed by atoms with E-state index in [1.807, 2.05) is 0 Å². The van der Waals surface area contributed by atoms with Crippen LogP contribution >= 0.6 is 11.3 Å². The number of thiazole rings is 1. The fourth-order valence-corrected chi connectivity index (χ4v) is 2.95. The molecule has 2 heterocycles. The molecule has 0 aliphatic rings. The third-order valence-corrected chi connectivity index (χ3v) is 3.99. The van der Waals surface area contributed by atoms with Crippen LogP contribution in [0, 0.1) is 11.6 Å². The van der Waals surface area contributed by atoms with E-state index in [9.17, 15) is 18.7 Å². The average Bonchev–Trinajstić information content (AvgIpc) is 2.93. The predicted molar refractivity (Wildman–Crippen MR) is 77.7 cm³/mol. The summed E-state index contributed by atoms with van der Waals surface area (Å²) in [7, 11) is 0. The minimum absolute atomic E-state index is 0.0214. The van der Waals surface area contributed by atoms with Crippen LogP contribution < -0.4 is 0 Å². The van der Waals surface area contributed by atoms with Gasteiger partial charge in [0.1, 0.15) is 21.5 Å². The van der Waals surface area contributed by atoms with Gasteiger partial charge in [0.15, 0.2) is 0 Å². The summed E-state index contributed by atoms with van der Waals surface area (Å²) in [6.07, 6.45) is 2.98. The van der Waals surface area contributed by atoms with Crippen LogP contribution in [0.1, 0.15) is 9.67 Å². The molecule has 3 rings (SSSR count). The number of hydrogen-bond acceptors (Lipinski definition) is 4. The van der Waals surface area contributed by atoms with Crippen LogP contribution in [0.15, 0.2) is 42.7 Å². The maximum absolute atomic E-state index is 13.8. The van der Waals surface area contributed by atoms with Gasteiger partial charge in [0, 0.05) is 18.0 Å². The van der Waals surface area contributed by atoms with Crippen LogP contribution in [-0.4, -0.2) is 21.0 Å².